The molecule has 134 valence electrons. The van der Waals surface area contributed by atoms with Gasteiger partial charge in [-0.3, -0.25) is 9.89 Å². The molecular weight excluding hydrogens is 342 g/mol. The maximum atomic E-state index is 12.4. The topological polar surface area (TPSA) is 95.8 Å². The number of nitrogens with zero attached hydrogens (tertiary/aromatic N) is 3. The molecule has 1 amide bonds. The summed E-state index contributed by atoms with van der Waals surface area (Å²) in [4.78, 5) is 12.4. The van der Waals surface area contributed by atoms with Crippen molar-refractivity contribution in [1.29, 1.82) is 0 Å². The summed E-state index contributed by atoms with van der Waals surface area (Å²) in [7, 11) is 0. The molecule has 0 atom stereocenters. The third-order valence-corrected chi connectivity index (χ3v) is 4.12. The minimum Gasteiger partial charge on any atom is -0.508 e. The van der Waals surface area contributed by atoms with Crippen LogP contribution in [0.15, 0.2) is 73.1 Å². The first-order valence-corrected chi connectivity index (χ1v) is 8.41. The fourth-order valence-electron chi connectivity index (χ4n) is 2.73. The standard InChI is InChI=1S/C20H17N5O2/c26-17-7-5-15(6-8-17)18-12-19(24-23-18)20(27)21-13-14-3-1-4-16(11-14)25-10-2-9-22-25/h1-12,26H,13H2,(H,21,27)(H,23,24). The fourth-order valence-corrected chi connectivity index (χ4v) is 2.73. The molecule has 0 aliphatic rings. The highest BCUT2D eigenvalue weighted by Crippen LogP contribution is 2.20. The number of benzene rings is 2. The van der Waals surface area contributed by atoms with Crippen LogP contribution in [0.4, 0.5) is 0 Å². The number of rotatable bonds is 5. The van der Waals surface area contributed by atoms with E-state index in [9.17, 15) is 9.90 Å². The van der Waals surface area contributed by atoms with Gasteiger partial charge >= 0.3 is 0 Å². The van der Waals surface area contributed by atoms with Gasteiger partial charge in [-0.25, -0.2) is 4.68 Å². The normalized spacial score (nSPS) is 10.7. The van der Waals surface area contributed by atoms with Crippen molar-refractivity contribution < 1.29 is 9.90 Å². The predicted molar refractivity (Wildman–Crippen MR) is 100 cm³/mol. The maximum absolute atomic E-state index is 12.4. The van der Waals surface area contributed by atoms with E-state index in [0.717, 1.165) is 16.8 Å². The zero-order valence-corrected chi connectivity index (χ0v) is 14.3. The van der Waals surface area contributed by atoms with Gasteiger partial charge in [0.15, 0.2) is 0 Å². The molecule has 0 aliphatic carbocycles. The summed E-state index contributed by atoms with van der Waals surface area (Å²) in [6.45, 7) is 0.390. The molecule has 2 aromatic carbocycles. The Labute approximate surface area is 155 Å². The Kier molecular flexibility index (Phi) is 4.40. The minimum atomic E-state index is -0.239. The van der Waals surface area contributed by atoms with Crippen molar-refractivity contribution in [1.82, 2.24) is 25.3 Å². The lowest BCUT2D eigenvalue weighted by Gasteiger charge is -2.06. The SMILES string of the molecule is O=C(NCc1cccc(-n2cccn2)c1)c1cc(-c2ccc(O)cc2)n[nH]1. The van der Waals surface area contributed by atoms with Gasteiger partial charge in [0, 0.05) is 24.5 Å². The van der Waals surface area contributed by atoms with Crippen LogP contribution in [0.3, 0.4) is 0 Å². The summed E-state index contributed by atoms with van der Waals surface area (Å²) < 4.78 is 1.77. The monoisotopic (exact) mass is 359 g/mol. The van der Waals surface area contributed by atoms with E-state index in [1.54, 1.807) is 41.2 Å². The molecule has 2 aromatic heterocycles. The van der Waals surface area contributed by atoms with Crippen molar-refractivity contribution in [3.8, 4) is 22.7 Å². The number of hydrogen-bond acceptors (Lipinski definition) is 4. The van der Waals surface area contributed by atoms with Crippen LogP contribution in [-0.4, -0.2) is 31.0 Å². The maximum Gasteiger partial charge on any atom is 0.269 e. The molecule has 4 rings (SSSR count). The molecule has 7 nitrogen and oxygen atoms in total. The highest BCUT2D eigenvalue weighted by atomic mass is 16.3. The van der Waals surface area contributed by atoms with E-state index in [-0.39, 0.29) is 11.7 Å². The van der Waals surface area contributed by atoms with Crippen molar-refractivity contribution in [3.05, 3.63) is 84.3 Å². The van der Waals surface area contributed by atoms with E-state index in [0.29, 0.717) is 17.9 Å². The average molecular weight is 359 g/mol. The molecule has 4 aromatic rings. The Hall–Kier alpha value is -3.87. The van der Waals surface area contributed by atoms with Crippen LogP contribution in [0.25, 0.3) is 16.9 Å². The molecule has 2 heterocycles. The summed E-state index contributed by atoms with van der Waals surface area (Å²) >= 11 is 0. The number of aromatic amines is 1. The van der Waals surface area contributed by atoms with Gasteiger partial charge in [0.1, 0.15) is 11.4 Å². The molecule has 3 N–H and O–H groups in total. The van der Waals surface area contributed by atoms with Crippen LogP contribution in [-0.2, 0) is 6.54 Å². The molecule has 0 saturated heterocycles. The summed E-state index contributed by atoms with van der Waals surface area (Å²) in [6, 6.07) is 18.0. The summed E-state index contributed by atoms with van der Waals surface area (Å²) in [5.74, 6) is -0.0541. The fraction of sp³-hybridized carbons (Fsp3) is 0.0500. The second-order valence-electron chi connectivity index (χ2n) is 6.02. The van der Waals surface area contributed by atoms with Crippen molar-refractivity contribution in [2.24, 2.45) is 0 Å². The summed E-state index contributed by atoms with van der Waals surface area (Å²) in [5, 5.41) is 23.4. The van der Waals surface area contributed by atoms with Crippen LogP contribution in [0.1, 0.15) is 16.1 Å². The second kappa shape index (κ2) is 7.17. The Balaban J connectivity index is 1.43. The zero-order valence-electron chi connectivity index (χ0n) is 14.3. The van der Waals surface area contributed by atoms with E-state index in [1.165, 1.54) is 0 Å². The van der Waals surface area contributed by atoms with Crippen molar-refractivity contribution in [2.75, 3.05) is 0 Å². The Bertz CT molecular complexity index is 1050. The van der Waals surface area contributed by atoms with Gasteiger partial charge in [-0.05, 0) is 54.1 Å². The highest BCUT2D eigenvalue weighted by Gasteiger charge is 2.11. The van der Waals surface area contributed by atoms with Crippen LogP contribution in [0.5, 0.6) is 5.75 Å². The van der Waals surface area contributed by atoms with E-state index >= 15 is 0 Å². The highest BCUT2D eigenvalue weighted by molar-refractivity contribution is 5.93. The first kappa shape index (κ1) is 16.6. The van der Waals surface area contributed by atoms with Crippen LogP contribution in [0, 0.1) is 0 Å². The average Bonchev–Trinajstić information content (AvgIpc) is 3.39. The van der Waals surface area contributed by atoms with Gasteiger partial charge in [0.05, 0.1) is 11.4 Å². The first-order valence-electron chi connectivity index (χ1n) is 8.41. The lowest BCUT2D eigenvalue weighted by molar-refractivity contribution is 0.0946. The molecule has 0 saturated carbocycles. The van der Waals surface area contributed by atoms with Gasteiger partial charge < -0.3 is 10.4 Å². The molecule has 0 unspecified atom stereocenters. The molecule has 27 heavy (non-hydrogen) atoms. The van der Waals surface area contributed by atoms with Crippen molar-refractivity contribution in [3.63, 3.8) is 0 Å². The van der Waals surface area contributed by atoms with Crippen LogP contribution < -0.4 is 5.32 Å². The van der Waals surface area contributed by atoms with Gasteiger partial charge in [-0.1, -0.05) is 12.1 Å². The van der Waals surface area contributed by atoms with Gasteiger partial charge in [-0.2, -0.15) is 10.2 Å². The van der Waals surface area contributed by atoms with E-state index in [4.69, 9.17) is 0 Å². The van der Waals surface area contributed by atoms with E-state index < -0.39 is 0 Å². The number of carbonyl (C=O) groups excluding carboxylic acids is 1. The largest absolute Gasteiger partial charge is 0.508 e. The van der Waals surface area contributed by atoms with Gasteiger partial charge in [-0.15, -0.1) is 0 Å². The Morgan fingerprint density at radius 3 is 2.74 bits per heavy atom. The number of aromatic nitrogens is 4. The number of amides is 1. The quantitative estimate of drug-likeness (QED) is 0.510. The van der Waals surface area contributed by atoms with E-state index in [2.05, 4.69) is 20.6 Å². The molecule has 0 spiro atoms. The molecular formula is C20H17N5O2. The van der Waals surface area contributed by atoms with Gasteiger partial charge in [0.25, 0.3) is 5.91 Å². The molecule has 7 heteroatoms. The number of H-pyrrole nitrogens is 1. The Morgan fingerprint density at radius 2 is 1.96 bits per heavy atom. The third kappa shape index (κ3) is 3.72. The molecule has 0 radical (unpaired) electrons. The second-order valence-corrected chi connectivity index (χ2v) is 6.02. The smallest absolute Gasteiger partial charge is 0.269 e. The number of aromatic hydroxyl groups is 1. The predicted octanol–water partition coefficient (Wildman–Crippen LogP) is 2.90. The molecule has 0 bridgehead atoms. The number of phenolic OH excluding ortho intramolecular Hbond substituents is 1. The lowest BCUT2D eigenvalue weighted by Crippen LogP contribution is -2.23. The van der Waals surface area contributed by atoms with E-state index in [1.807, 2.05) is 36.5 Å². The number of carbonyl (C=O) groups is 1. The summed E-state index contributed by atoms with van der Waals surface area (Å²) in [5.41, 5.74) is 3.73. The van der Waals surface area contributed by atoms with Crippen LogP contribution >= 0.6 is 0 Å². The van der Waals surface area contributed by atoms with Crippen LogP contribution in [0.2, 0.25) is 0 Å². The third-order valence-electron chi connectivity index (χ3n) is 4.12. The summed E-state index contributed by atoms with van der Waals surface area (Å²) in [6.07, 6.45) is 3.59. The van der Waals surface area contributed by atoms with Crippen molar-refractivity contribution >= 4 is 5.91 Å². The number of nitrogens with one attached hydrogen (secondary N) is 2. The molecule has 0 aliphatic heterocycles. The number of phenols is 1. The van der Waals surface area contributed by atoms with Gasteiger partial charge in [0.2, 0.25) is 0 Å². The Morgan fingerprint density at radius 1 is 1.11 bits per heavy atom. The number of hydrogen-bond donors (Lipinski definition) is 3. The molecule has 0 fully saturated rings. The zero-order chi connectivity index (χ0) is 18.6. The lowest BCUT2D eigenvalue weighted by atomic mass is 10.1. The minimum absolute atomic E-state index is 0.185. The van der Waals surface area contributed by atoms with Crippen molar-refractivity contribution in [2.45, 2.75) is 6.54 Å². The first-order chi connectivity index (χ1) is 13.2.